The van der Waals surface area contributed by atoms with Crippen LogP contribution in [0.4, 0.5) is 5.95 Å². The van der Waals surface area contributed by atoms with E-state index in [1.54, 1.807) is 42.7 Å². The highest BCUT2D eigenvalue weighted by atomic mass is 16.5. The minimum atomic E-state index is -0.0677. The maximum atomic E-state index is 12.7. The maximum absolute atomic E-state index is 12.7. The van der Waals surface area contributed by atoms with E-state index in [-0.39, 0.29) is 18.1 Å². The van der Waals surface area contributed by atoms with Crippen LogP contribution in [0.15, 0.2) is 30.9 Å². The number of hydrogen-bond donors (Lipinski definition) is 0. The number of aromatic nitrogens is 4. The molecule has 124 valence electrons. The van der Waals surface area contributed by atoms with Crippen LogP contribution >= 0.6 is 0 Å². The molecule has 1 amide bonds. The lowest BCUT2D eigenvalue weighted by Gasteiger charge is -2.36. The molecule has 2 aliphatic rings. The van der Waals surface area contributed by atoms with Crippen molar-refractivity contribution in [1.29, 1.82) is 0 Å². The third kappa shape index (κ3) is 2.69. The number of carbonyl (C=O) groups is 1. The van der Waals surface area contributed by atoms with Gasteiger partial charge in [0.05, 0.1) is 24.3 Å². The average molecular weight is 326 g/mol. The number of nitrogens with zero attached hydrogens (tertiary/aromatic N) is 6. The van der Waals surface area contributed by atoms with E-state index in [0.717, 1.165) is 6.54 Å². The summed E-state index contributed by atoms with van der Waals surface area (Å²) in [5, 5.41) is 0. The fourth-order valence-electron chi connectivity index (χ4n) is 3.23. The highest BCUT2D eigenvalue weighted by molar-refractivity contribution is 5.94. The number of carbonyl (C=O) groups excluding carboxylic acids is 1. The van der Waals surface area contributed by atoms with Gasteiger partial charge in [-0.25, -0.2) is 19.9 Å². The van der Waals surface area contributed by atoms with Crippen molar-refractivity contribution in [3.63, 3.8) is 0 Å². The lowest BCUT2D eigenvalue weighted by atomic mass is 10.1. The number of amides is 1. The summed E-state index contributed by atoms with van der Waals surface area (Å²) in [5.74, 6) is 1.27. The standard InChI is InChI=1S/C16H18N6O2/c1-11-19-7-12(8-20-11)15(23)21-9-13-14(10-21)24-6-5-22(13)16-17-3-2-4-18-16/h2-4,7-8,13-14H,5-6,9-10H2,1H3/t13-,14-/m0/s1. The second kappa shape index (κ2) is 6.12. The molecule has 0 aliphatic carbocycles. The summed E-state index contributed by atoms with van der Waals surface area (Å²) in [5.41, 5.74) is 0.502. The lowest BCUT2D eigenvalue weighted by Crippen LogP contribution is -2.51. The largest absolute Gasteiger partial charge is 0.372 e. The molecule has 24 heavy (non-hydrogen) atoms. The van der Waals surface area contributed by atoms with Gasteiger partial charge in [-0.2, -0.15) is 0 Å². The van der Waals surface area contributed by atoms with Crippen LogP contribution in [0.2, 0.25) is 0 Å². The lowest BCUT2D eigenvalue weighted by molar-refractivity contribution is 0.0296. The summed E-state index contributed by atoms with van der Waals surface area (Å²) in [6.45, 7) is 4.26. The van der Waals surface area contributed by atoms with Gasteiger partial charge in [0.1, 0.15) is 5.82 Å². The Labute approximate surface area is 139 Å². The number of fused-ring (bicyclic) bond motifs is 1. The van der Waals surface area contributed by atoms with Crippen molar-refractivity contribution in [3.05, 3.63) is 42.2 Å². The van der Waals surface area contributed by atoms with Crippen LogP contribution in [0.3, 0.4) is 0 Å². The van der Waals surface area contributed by atoms with E-state index in [9.17, 15) is 4.79 Å². The number of ether oxygens (including phenoxy) is 1. The molecule has 4 rings (SSSR count). The molecule has 2 fully saturated rings. The Balaban J connectivity index is 1.53. The number of rotatable bonds is 2. The van der Waals surface area contributed by atoms with Gasteiger partial charge in [-0.15, -0.1) is 0 Å². The van der Waals surface area contributed by atoms with E-state index in [1.807, 2.05) is 0 Å². The Morgan fingerprint density at radius 1 is 1.17 bits per heavy atom. The first-order chi connectivity index (χ1) is 11.7. The fraction of sp³-hybridized carbons (Fsp3) is 0.438. The van der Waals surface area contributed by atoms with Gasteiger partial charge in [0.15, 0.2) is 0 Å². The van der Waals surface area contributed by atoms with E-state index in [1.165, 1.54) is 0 Å². The first-order valence-corrected chi connectivity index (χ1v) is 7.95. The molecule has 0 radical (unpaired) electrons. The van der Waals surface area contributed by atoms with E-state index in [0.29, 0.717) is 37.0 Å². The molecular formula is C16H18N6O2. The molecule has 2 aromatic rings. The Kier molecular flexibility index (Phi) is 3.81. The number of anilines is 1. The zero-order valence-corrected chi connectivity index (χ0v) is 13.4. The summed E-state index contributed by atoms with van der Waals surface area (Å²) < 4.78 is 5.87. The van der Waals surface area contributed by atoms with Crippen molar-refractivity contribution in [2.24, 2.45) is 0 Å². The summed E-state index contributed by atoms with van der Waals surface area (Å²) in [6, 6.07) is 1.86. The first-order valence-electron chi connectivity index (χ1n) is 7.95. The SMILES string of the molecule is Cc1ncc(C(=O)N2C[C@@H]3OCCN(c4ncccn4)[C@H]3C2)cn1. The molecule has 0 saturated carbocycles. The average Bonchev–Trinajstić information content (AvgIpc) is 3.06. The van der Waals surface area contributed by atoms with Gasteiger partial charge in [0.25, 0.3) is 5.91 Å². The zero-order chi connectivity index (χ0) is 16.5. The van der Waals surface area contributed by atoms with E-state index in [4.69, 9.17) is 4.74 Å². The quantitative estimate of drug-likeness (QED) is 0.785. The highest BCUT2D eigenvalue weighted by Gasteiger charge is 2.43. The number of morpholine rings is 1. The molecule has 2 aliphatic heterocycles. The second-order valence-corrected chi connectivity index (χ2v) is 5.95. The van der Waals surface area contributed by atoms with Crippen LogP contribution in [-0.2, 0) is 4.74 Å². The molecule has 8 heteroatoms. The van der Waals surface area contributed by atoms with Crippen LogP contribution in [-0.4, -0.2) is 69.1 Å². The van der Waals surface area contributed by atoms with Gasteiger partial charge in [-0.05, 0) is 13.0 Å². The molecule has 2 saturated heterocycles. The maximum Gasteiger partial charge on any atom is 0.257 e. The summed E-state index contributed by atoms with van der Waals surface area (Å²) >= 11 is 0. The Morgan fingerprint density at radius 3 is 2.67 bits per heavy atom. The topological polar surface area (TPSA) is 84.3 Å². The van der Waals surface area contributed by atoms with Crippen LogP contribution in [0.25, 0.3) is 0 Å². The summed E-state index contributed by atoms with van der Waals surface area (Å²) in [4.78, 5) is 33.5. The van der Waals surface area contributed by atoms with E-state index in [2.05, 4.69) is 24.8 Å². The van der Waals surface area contributed by atoms with Gasteiger partial charge in [0, 0.05) is 44.4 Å². The summed E-state index contributed by atoms with van der Waals surface area (Å²) in [6.07, 6.45) is 6.58. The van der Waals surface area contributed by atoms with Gasteiger partial charge < -0.3 is 14.5 Å². The van der Waals surface area contributed by atoms with Crippen LogP contribution in [0.1, 0.15) is 16.2 Å². The molecule has 0 aromatic carbocycles. The Hall–Kier alpha value is -2.61. The smallest absolute Gasteiger partial charge is 0.257 e. The van der Waals surface area contributed by atoms with Gasteiger partial charge in [0.2, 0.25) is 5.95 Å². The van der Waals surface area contributed by atoms with Crippen molar-refractivity contribution >= 4 is 11.9 Å². The van der Waals surface area contributed by atoms with Crippen molar-refractivity contribution in [2.75, 3.05) is 31.1 Å². The molecule has 0 unspecified atom stereocenters. The molecule has 8 nitrogen and oxygen atoms in total. The highest BCUT2D eigenvalue weighted by Crippen LogP contribution is 2.26. The third-order valence-corrected chi connectivity index (χ3v) is 4.43. The van der Waals surface area contributed by atoms with Crippen molar-refractivity contribution in [1.82, 2.24) is 24.8 Å². The Morgan fingerprint density at radius 2 is 1.92 bits per heavy atom. The van der Waals surface area contributed by atoms with Crippen molar-refractivity contribution in [3.8, 4) is 0 Å². The predicted molar refractivity (Wildman–Crippen MR) is 85.6 cm³/mol. The van der Waals surface area contributed by atoms with Gasteiger partial charge >= 0.3 is 0 Å². The molecule has 2 atom stereocenters. The third-order valence-electron chi connectivity index (χ3n) is 4.43. The van der Waals surface area contributed by atoms with E-state index < -0.39 is 0 Å². The van der Waals surface area contributed by atoms with Crippen LogP contribution < -0.4 is 4.90 Å². The minimum absolute atomic E-state index is 0.0297. The van der Waals surface area contributed by atoms with Crippen molar-refractivity contribution < 1.29 is 9.53 Å². The second-order valence-electron chi connectivity index (χ2n) is 5.95. The molecule has 0 bridgehead atoms. The molecule has 2 aromatic heterocycles. The fourth-order valence-corrected chi connectivity index (χ4v) is 3.23. The summed E-state index contributed by atoms with van der Waals surface area (Å²) in [7, 11) is 0. The number of aryl methyl sites for hydroxylation is 1. The van der Waals surface area contributed by atoms with Crippen LogP contribution in [0, 0.1) is 6.92 Å². The monoisotopic (exact) mass is 326 g/mol. The normalized spacial score (nSPS) is 23.2. The van der Waals surface area contributed by atoms with Gasteiger partial charge in [-0.1, -0.05) is 0 Å². The first kappa shape index (κ1) is 14.9. The van der Waals surface area contributed by atoms with Gasteiger partial charge in [-0.3, -0.25) is 4.79 Å². The number of likely N-dealkylation sites (tertiary alicyclic amines) is 1. The number of hydrogen-bond acceptors (Lipinski definition) is 7. The minimum Gasteiger partial charge on any atom is -0.372 e. The van der Waals surface area contributed by atoms with Crippen molar-refractivity contribution in [2.45, 2.75) is 19.1 Å². The molecule has 0 spiro atoms. The van der Waals surface area contributed by atoms with Crippen LogP contribution in [0.5, 0.6) is 0 Å². The zero-order valence-electron chi connectivity index (χ0n) is 13.4. The van der Waals surface area contributed by atoms with E-state index >= 15 is 0 Å². The predicted octanol–water partition coefficient (Wildman–Crippen LogP) is 0.305. The molecule has 4 heterocycles. The Bertz CT molecular complexity index is 723. The molecular weight excluding hydrogens is 308 g/mol. The molecule has 0 N–H and O–H groups in total.